The minimum absolute atomic E-state index is 0.196. The van der Waals surface area contributed by atoms with Crippen LogP contribution in [0.25, 0.3) is 0 Å². The number of hydroxylamine groups is 1. The highest BCUT2D eigenvalue weighted by Gasteiger charge is 2.42. The first kappa shape index (κ1) is 18.8. The second kappa shape index (κ2) is 7.88. The summed E-state index contributed by atoms with van der Waals surface area (Å²) in [4.78, 5) is 5.45. The molecule has 0 aromatic heterocycles. The molecule has 1 aliphatic heterocycles. The van der Waals surface area contributed by atoms with Crippen LogP contribution in [-0.4, -0.2) is 39.7 Å². The number of hydrogen-bond acceptors (Lipinski definition) is 4. The van der Waals surface area contributed by atoms with E-state index >= 15 is 0 Å². The van der Waals surface area contributed by atoms with Crippen LogP contribution in [0.1, 0.15) is 40.5 Å². The lowest BCUT2D eigenvalue weighted by Gasteiger charge is -2.44. The molecule has 0 bridgehead atoms. The third-order valence-electron chi connectivity index (χ3n) is 4.77. The Kier molecular flexibility index (Phi) is 7.07. The minimum Gasteiger partial charge on any atom is -0.412 e. The zero-order chi connectivity index (χ0) is 16.1. The molecular formula is C16H34N2O2Si. The first-order chi connectivity index (χ1) is 9.71. The van der Waals surface area contributed by atoms with Crippen molar-refractivity contribution in [2.45, 2.75) is 76.9 Å². The molecule has 0 amide bonds. The van der Waals surface area contributed by atoms with E-state index in [1.54, 1.807) is 6.08 Å². The largest absolute Gasteiger partial charge is 0.412 e. The van der Waals surface area contributed by atoms with Gasteiger partial charge in [0.2, 0.25) is 0 Å². The lowest BCUT2D eigenvalue weighted by atomic mass is 9.96. The number of piperidine rings is 1. The average Bonchev–Trinajstić information content (AvgIpc) is 2.39. The molecule has 124 valence electrons. The lowest BCUT2D eigenvalue weighted by molar-refractivity contribution is -0.0224. The maximum absolute atomic E-state index is 6.65. The standard InChI is InChI=1S/C16H34N2O2Si/c1-8-10-19-18-14-12-17-13(9-2)11-15(14)20-21(6,7)16(3,4)5/h8,13-15,17-18H,1,9-12H2,2-7H3/t13-,14+,15+/m1/s1. The molecule has 3 atom stereocenters. The van der Waals surface area contributed by atoms with Gasteiger partial charge in [0.15, 0.2) is 8.32 Å². The molecule has 1 aliphatic rings. The Morgan fingerprint density at radius 2 is 2.05 bits per heavy atom. The summed E-state index contributed by atoms with van der Waals surface area (Å²) in [7, 11) is -1.77. The summed E-state index contributed by atoms with van der Waals surface area (Å²) < 4.78 is 6.65. The smallest absolute Gasteiger partial charge is 0.192 e. The molecule has 0 spiro atoms. The van der Waals surface area contributed by atoms with Crippen LogP contribution in [0.4, 0.5) is 0 Å². The van der Waals surface area contributed by atoms with Crippen LogP contribution in [0.15, 0.2) is 12.7 Å². The van der Waals surface area contributed by atoms with E-state index in [0.717, 1.165) is 19.4 Å². The molecule has 21 heavy (non-hydrogen) atoms. The minimum atomic E-state index is -1.77. The van der Waals surface area contributed by atoms with Crippen molar-refractivity contribution in [3.05, 3.63) is 12.7 Å². The summed E-state index contributed by atoms with van der Waals surface area (Å²) >= 11 is 0. The van der Waals surface area contributed by atoms with E-state index in [0.29, 0.717) is 12.6 Å². The van der Waals surface area contributed by atoms with Crippen LogP contribution in [-0.2, 0) is 9.26 Å². The number of hydrogen-bond donors (Lipinski definition) is 2. The summed E-state index contributed by atoms with van der Waals surface area (Å²) in [5, 5.41) is 3.80. The zero-order valence-electron chi connectivity index (χ0n) is 14.7. The first-order valence-corrected chi connectivity index (χ1v) is 11.0. The second-order valence-electron chi connectivity index (χ2n) is 7.49. The Labute approximate surface area is 131 Å². The SMILES string of the molecule is C=CCON[C@H]1CN[C@H](CC)C[C@@H]1O[Si](C)(C)C(C)(C)C. The van der Waals surface area contributed by atoms with Crippen LogP contribution in [0.3, 0.4) is 0 Å². The molecule has 5 heteroatoms. The van der Waals surface area contributed by atoms with Gasteiger partial charge in [0.25, 0.3) is 0 Å². The molecule has 0 aromatic rings. The van der Waals surface area contributed by atoms with Gasteiger partial charge in [0, 0.05) is 12.6 Å². The van der Waals surface area contributed by atoms with E-state index in [1.165, 1.54) is 0 Å². The van der Waals surface area contributed by atoms with Crippen LogP contribution in [0.5, 0.6) is 0 Å². The van der Waals surface area contributed by atoms with Crippen molar-refractivity contribution in [2.75, 3.05) is 13.2 Å². The predicted octanol–water partition coefficient (Wildman–Crippen LogP) is 3.22. The molecule has 0 aromatic carbocycles. The van der Waals surface area contributed by atoms with E-state index in [4.69, 9.17) is 9.26 Å². The fraction of sp³-hybridized carbons (Fsp3) is 0.875. The topological polar surface area (TPSA) is 42.5 Å². The third-order valence-corrected chi connectivity index (χ3v) is 9.28. The fourth-order valence-electron chi connectivity index (χ4n) is 2.28. The molecule has 0 aliphatic carbocycles. The molecule has 0 radical (unpaired) electrons. The van der Waals surface area contributed by atoms with Gasteiger partial charge in [-0.25, -0.2) is 0 Å². The summed E-state index contributed by atoms with van der Waals surface area (Å²) in [6.07, 6.45) is 4.14. The van der Waals surface area contributed by atoms with Crippen molar-refractivity contribution < 1.29 is 9.26 Å². The van der Waals surface area contributed by atoms with E-state index < -0.39 is 8.32 Å². The first-order valence-electron chi connectivity index (χ1n) is 8.10. The van der Waals surface area contributed by atoms with Crippen molar-refractivity contribution in [3.63, 3.8) is 0 Å². The van der Waals surface area contributed by atoms with E-state index in [2.05, 4.69) is 58.2 Å². The Morgan fingerprint density at radius 3 is 2.57 bits per heavy atom. The Balaban J connectivity index is 2.71. The molecule has 0 saturated carbocycles. The highest BCUT2D eigenvalue weighted by atomic mass is 28.4. The van der Waals surface area contributed by atoms with Crippen LogP contribution < -0.4 is 10.8 Å². The Hall–Kier alpha value is -0.203. The van der Waals surface area contributed by atoms with Crippen molar-refractivity contribution in [1.29, 1.82) is 0 Å². The molecular weight excluding hydrogens is 280 g/mol. The summed E-state index contributed by atoms with van der Waals surface area (Å²) in [6.45, 7) is 18.8. The highest BCUT2D eigenvalue weighted by Crippen LogP contribution is 2.38. The van der Waals surface area contributed by atoms with Gasteiger partial charge in [-0.3, -0.25) is 4.84 Å². The van der Waals surface area contributed by atoms with Gasteiger partial charge in [-0.15, -0.1) is 6.58 Å². The molecule has 4 nitrogen and oxygen atoms in total. The number of nitrogens with one attached hydrogen (secondary N) is 2. The van der Waals surface area contributed by atoms with Crippen molar-refractivity contribution in [1.82, 2.24) is 10.8 Å². The quantitative estimate of drug-likeness (QED) is 0.328. The molecule has 2 N–H and O–H groups in total. The predicted molar refractivity (Wildman–Crippen MR) is 91.8 cm³/mol. The Bertz CT molecular complexity index is 329. The maximum atomic E-state index is 6.65. The fourth-order valence-corrected chi connectivity index (χ4v) is 3.65. The van der Waals surface area contributed by atoms with Gasteiger partial charge in [-0.1, -0.05) is 33.8 Å². The van der Waals surface area contributed by atoms with Crippen molar-refractivity contribution >= 4 is 8.32 Å². The normalized spacial score (nSPS) is 27.6. The van der Waals surface area contributed by atoms with E-state index in [9.17, 15) is 0 Å². The van der Waals surface area contributed by atoms with Crippen LogP contribution in [0, 0.1) is 0 Å². The van der Waals surface area contributed by atoms with E-state index in [-0.39, 0.29) is 17.2 Å². The highest BCUT2D eigenvalue weighted by molar-refractivity contribution is 6.74. The molecule has 1 rings (SSSR count). The zero-order valence-corrected chi connectivity index (χ0v) is 15.7. The third kappa shape index (κ3) is 5.49. The summed E-state index contributed by atoms with van der Waals surface area (Å²) in [6, 6.07) is 0.735. The second-order valence-corrected chi connectivity index (χ2v) is 12.2. The Morgan fingerprint density at radius 1 is 1.38 bits per heavy atom. The van der Waals surface area contributed by atoms with Gasteiger partial charge in [0.05, 0.1) is 18.8 Å². The molecule has 1 heterocycles. The van der Waals surface area contributed by atoms with Gasteiger partial charge in [0.1, 0.15) is 0 Å². The van der Waals surface area contributed by atoms with Crippen molar-refractivity contribution in [2.24, 2.45) is 0 Å². The van der Waals surface area contributed by atoms with Gasteiger partial charge in [-0.05, 0) is 31.0 Å². The monoisotopic (exact) mass is 314 g/mol. The number of rotatable bonds is 7. The molecule has 1 fully saturated rings. The molecule has 1 saturated heterocycles. The van der Waals surface area contributed by atoms with Crippen LogP contribution in [0.2, 0.25) is 18.1 Å². The maximum Gasteiger partial charge on any atom is 0.192 e. The summed E-state index contributed by atoms with van der Waals surface area (Å²) in [5.74, 6) is 0. The van der Waals surface area contributed by atoms with Crippen LogP contribution >= 0.6 is 0 Å². The van der Waals surface area contributed by atoms with Crippen molar-refractivity contribution in [3.8, 4) is 0 Å². The molecule has 0 unspecified atom stereocenters. The van der Waals surface area contributed by atoms with E-state index in [1.807, 2.05) is 0 Å². The van der Waals surface area contributed by atoms with Gasteiger partial charge in [-0.2, -0.15) is 5.48 Å². The lowest BCUT2D eigenvalue weighted by Crippen LogP contribution is -2.59. The van der Waals surface area contributed by atoms with Gasteiger partial charge < -0.3 is 9.74 Å². The van der Waals surface area contributed by atoms with Gasteiger partial charge >= 0.3 is 0 Å². The summed E-state index contributed by atoms with van der Waals surface area (Å²) in [5.41, 5.74) is 3.15. The average molecular weight is 315 g/mol.